The van der Waals surface area contributed by atoms with Gasteiger partial charge in [0.25, 0.3) is 0 Å². The molecule has 1 aromatic heterocycles. The minimum absolute atomic E-state index is 0.198. The van der Waals surface area contributed by atoms with Gasteiger partial charge in [0.1, 0.15) is 0 Å². The summed E-state index contributed by atoms with van der Waals surface area (Å²) in [5, 5.41) is 9.37. The second kappa shape index (κ2) is 6.28. The number of hydrogen-bond donors (Lipinski definition) is 0. The molecular formula is C14H16N4O2S. The highest BCUT2D eigenvalue weighted by Crippen LogP contribution is 2.28. The van der Waals surface area contributed by atoms with Gasteiger partial charge in [-0.05, 0) is 6.92 Å². The molecule has 0 atom stereocenters. The maximum absolute atomic E-state index is 11.6. The van der Waals surface area contributed by atoms with Crippen molar-refractivity contribution in [2.24, 2.45) is 0 Å². The van der Waals surface area contributed by atoms with E-state index in [2.05, 4.69) is 10.2 Å². The SMILES string of the molecule is CCOC(=O)CN1CSc2nnc(-c3ccccc3)n2C1. The van der Waals surface area contributed by atoms with Gasteiger partial charge in [-0.2, -0.15) is 0 Å². The van der Waals surface area contributed by atoms with Crippen LogP contribution < -0.4 is 0 Å². The highest BCUT2D eigenvalue weighted by molar-refractivity contribution is 7.99. The van der Waals surface area contributed by atoms with Gasteiger partial charge in [-0.3, -0.25) is 14.3 Å². The molecule has 0 bridgehead atoms. The molecule has 0 fully saturated rings. The molecule has 0 unspecified atom stereocenters. The van der Waals surface area contributed by atoms with E-state index in [9.17, 15) is 4.79 Å². The van der Waals surface area contributed by atoms with Crippen molar-refractivity contribution < 1.29 is 9.53 Å². The lowest BCUT2D eigenvalue weighted by atomic mass is 10.2. The van der Waals surface area contributed by atoms with Crippen molar-refractivity contribution in [1.82, 2.24) is 19.7 Å². The molecule has 2 heterocycles. The normalized spacial score (nSPS) is 14.7. The minimum Gasteiger partial charge on any atom is -0.465 e. The van der Waals surface area contributed by atoms with E-state index in [4.69, 9.17) is 4.74 Å². The zero-order chi connectivity index (χ0) is 14.7. The van der Waals surface area contributed by atoms with Gasteiger partial charge in [-0.25, -0.2) is 0 Å². The molecule has 0 N–H and O–H groups in total. The molecule has 0 aliphatic carbocycles. The van der Waals surface area contributed by atoms with Crippen molar-refractivity contribution in [3.05, 3.63) is 30.3 Å². The molecule has 7 heteroatoms. The van der Waals surface area contributed by atoms with E-state index in [1.807, 2.05) is 46.7 Å². The molecule has 1 aromatic carbocycles. The zero-order valence-corrected chi connectivity index (χ0v) is 12.5. The second-order valence-electron chi connectivity index (χ2n) is 4.65. The molecule has 0 spiro atoms. The molecule has 1 aliphatic heterocycles. The second-order valence-corrected chi connectivity index (χ2v) is 5.56. The fourth-order valence-corrected chi connectivity index (χ4v) is 3.07. The number of rotatable bonds is 4. The number of aromatic nitrogens is 3. The van der Waals surface area contributed by atoms with Crippen LogP contribution in [0.25, 0.3) is 11.4 Å². The first kappa shape index (κ1) is 14.1. The number of fused-ring (bicyclic) bond motifs is 1. The van der Waals surface area contributed by atoms with Crippen LogP contribution in [0, 0.1) is 0 Å². The van der Waals surface area contributed by atoms with Crippen LogP contribution in [0.15, 0.2) is 35.5 Å². The summed E-state index contributed by atoms with van der Waals surface area (Å²) in [5.74, 6) is 1.34. The number of thioether (sulfide) groups is 1. The van der Waals surface area contributed by atoms with Crippen molar-refractivity contribution in [2.45, 2.75) is 18.7 Å². The maximum atomic E-state index is 11.6. The number of carbonyl (C=O) groups is 1. The molecule has 2 aromatic rings. The van der Waals surface area contributed by atoms with Gasteiger partial charge in [0.2, 0.25) is 0 Å². The molecule has 3 rings (SSSR count). The van der Waals surface area contributed by atoms with Gasteiger partial charge in [0, 0.05) is 5.56 Å². The minimum atomic E-state index is -0.198. The molecule has 1 aliphatic rings. The number of carbonyl (C=O) groups excluding carboxylic acids is 1. The van der Waals surface area contributed by atoms with E-state index in [0.717, 1.165) is 16.5 Å². The standard InChI is InChI=1S/C14H16N4O2S/c1-2-20-12(19)8-17-9-18-13(11-6-4-3-5-7-11)15-16-14(18)21-10-17/h3-7H,2,8-10H2,1H3. The summed E-state index contributed by atoms with van der Waals surface area (Å²) in [5.41, 5.74) is 1.02. The molecule has 21 heavy (non-hydrogen) atoms. The summed E-state index contributed by atoms with van der Waals surface area (Å²) < 4.78 is 7.03. The first-order valence-electron chi connectivity index (χ1n) is 6.77. The van der Waals surface area contributed by atoms with E-state index in [1.165, 1.54) is 0 Å². The summed E-state index contributed by atoms with van der Waals surface area (Å²) in [6, 6.07) is 9.93. The first-order chi connectivity index (χ1) is 10.3. The lowest BCUT2D eigenvalue weighted by molar-refractivity contribution is -0.144. The Morgan fingerprint density at radius 1 is 1.33 bits per heavy atom. The highest BCUT2D eigenvalue weighted by Gasteiger charge is 2.23. The van der Waals surface area contributed by atoms with Gasteiger partial charge < -0.3 is 4.74 Å². The van der Waals surface area contributed by atoms with Crippen molar-refractivity contribution in [2.75, 3.05) is 19.0 Å². The van der Waals surface area contributed by atoms with Gasteiger partial charge in [0.15, 0.2) is 11.0 Å². The quantitative estimate of drug-likeness (QED) is 0.803. The highest BCUT2D eigenvalue weighted by atomic mass is 32.2. The van der Waals surface area contributed by atoms with Crippen molar-refractivity contribution in [3.63, 3.8) is 0 Å². The molecule has 6 nitrogen and oxygen atoms in total. The van der Waals surface area contributed by atoms with E-state index < -0.39 is 0 Å². The summed E-state index contributed by atoms with van der Waals surface area (Å²) in [6.45, 7) is 3.10. The summed E-state index contributed by atoms with van der Waals surface area (Å²) in [7, 11) is 0. The Hall–Kier alpha value is -1.86. The Kier molecular flexibility index (Phi) is 4.21. The topological polar surface area (TPSA) is 60.2 Å². The van der Waals surface area contributed by atoms with Crippen molar-refractivity contribution in [1.29, 1.82) is 0 Å². The lowest BCUT2D eigenvalue weighted by Gasteiger charge is -2.26. The summed E-state index contributed by atoms with van der Waals surface area (Å²) in [4.78, 5) is 13.6. The van der Waals surface area contributed by atoms with Gasteiger partial charge in [-0.15, -0.1) is 10.2 Å². The molecule has 0 radical (unpaired) electrons. The smallest absolute Gasteiger partial charge is 0.320 e. The van der Waals surface area contributed by atoms with Crippen LogP contribution in [0.1, 0.15) is 6.92 Å². The largest absolute Gasteiger partial charge is 0.465 e. The van der Waals surface area contributed by atoms with Crippen LogP contribution >= 0.6 is 11.8 Å². The Morgan fingerprint density at radius 2 is 2.14 bits per heavy atom. The number of nitrogens with zero attached hydrogens (tertiary/aromatic N) is 4. The monoisotopic (exact) mass is 304 g/mol. The third-order valence-electron chi connectivity index (χ3n) is 3.12. The predicted molar refractivity (Wildman–Crippen MR) is 79.5 cm³/mol. The maximum Gasteiger partial charge on any atom is 0.320 e. The van der Waals surface area contributed by atoms with Gasteiger partial charge in [0.05, 0.1) is 25.7 Å². The molecule has 0 saturated carbocycles. The van der Waals surface area contributed by atoms with Crippen LogP contribution in [0.5, 0.6) is 0 Å². The number of ether oxygens (including phenoxy) is 1. The van der Waals surface area contributed by atoms with Crippen LogP contribution in [-0.4, -0.2) is 44.7 Å². The van der Waals surface area contributed by atoms with Crippen molar-refractivity contribution in [3.8, 4) is 11.4 Å². The van der Waals surface area contributed by atoms with Crippen molar-refractivity contribution >= 4 is 17.7 Å². The molecule has 110 valence electrons. The molecule has 0 saturated heterocycles. The fourth-order valence-electron chi connectivity index (χ4n) is 2.20. The average Bonchev–Trinajstić information content (AvgIpc) is 2.91. The summed E-state index contributed by atoms with van der Waals surface area (Å²) >= 11 is 1.58. The van der Waals surface area contributed by atoms with E-state index in [0.29, 0.717) is 19.2 Å². The third-order valence-corrected chi connectivity index (χ3v) is 4.18. The Morgan fingerprint density at radius 3 is 2.90 bits per heavy atom. The number of hydrogen-bond acceptors (Lipinski definition) is 6. The van der Waals surface area contributed by atoms with Crippen LogP contribution in [0.3, 0.4) is 0 Å². The van der Waals surface area contributed by atoms with E-state index in [-0.39, 0.29) is 12.5 Å². The fraction of sp³-hybridized carbons (Fsp3) is 0.357. The Balaban J connectivity index is 1.79. The molecule has 0 amide bonds. The van der Waals surface area contributed by atoms with Crippen LogP contribution in [0.2, 0.25) is 0 Å². The van der Waals surface area contributed by atoms with Crippen LogP contribution in [0.4, 0.5) is 0 Å². The zero-order valence-electron chi connectivity index (χ0n) is 11.7. The lowest BCUT2D eigenvalue weighted by Crippen LogP contribution is -2.35. The number of benzene rings is 1. The van der Waals surface area contributed by atoms with Crippen LogP contribution in [-0.2, 0) is 16.2 Å². The average molecular weight is 304 g/mol. The van der Waals surface area contributed by atoms with Gasteiger partial charge >= 0.3 is 5.97 Å². The van der Waals surface area contributed by atoms with E-state index >= 15 is 0 Å². The Bertz CT molecular complexity index is 629. The number of esters is 1. The predicted octanol–water partition coefficient (Wildman–Crippen LogP) is 1.83. The van der Waals surface area contributed by atoms with Gasteiger partial charge in [-0.1, -0.05) is 42.1 Å². The first-order valence-corrected chi connectivity index (χ1v) is 7.76. The Labute approximate surface area is 127 Å². The third kappa shape index (κ3) is 3.08. The molecular weight excluding hydrogens is 288 g/mol. The summed E-state index contributed by atoms with van der Waals surface area (Å²) in [6.07, 6.45) is 0. The van der Waals surface area contributed by atoms with E-state index in [1.54, 1.807) is 11.8 Å².